The predicted octanol–water partition coefficient (Wildman–Crippen LogP) is 5.37. The number of rotatable bonds is 7. The summed E-state index contributed by atoms with van der Waals surface area (Å²) in [6, 6.07) is 13.5. The third-order valence-electron chi connectivity index (χ3n) is 6.36. The first-order valence-corrected chi connectivity index (χ1v) is 10.7. The molecule has 28 heavy (non-hydrogen) atoms. The summed E-state index contributed by atoms with van der Waals surface area (Å²) in [7, 11) is 0. The summed E-state index contributed by atoms with van der Waals surface area (Å²) in [4.78, 5) is 17.1. The summed E-state index contributed by atoms with van der Waals surface area (Å²) in [5.41, 5.74) is 8.32. The van der Waals surface area contributed by atoms with E-state index in [0.29, 0.717) is 0 Å². The lowest BCUT2D eigenvalue weighted by Crippen LogP contribution is -2.34. The molecule has 0 spiro atoms. The minimum Gasteiger partial charge on any atom is -0.361 e. The highest BCUT2D eigenvalue weighted by Crippen LogP contribution is 2.35. The first-order valence-electron chi connectivity index (χ1n) is 10.7. The maximum Gasteiger partial charge on any atom is 0.210 e. The zero-order valence-corrected chi connectivity index (χ0v) is 17.0. The third-order valence-corrected chi connectivity index (χ3v) is 6.36. The van der Waals surface area contributed by atoms with E-state index in [1.54, 1.807) is 0 Å². The molecule has 2 heterocycles. The van der Waals surface area contributed by atoms with Crippen LogP contribution in [0.3, 0.4) is 0 Å². The fourth-order valence-corrected chi connectivity index (χ4v) is 4.80. The minimum atomic E-state index is 0.211. The number of fused-ring (bicyclic) bond motifs is 2. The second kappa shape index (κ2) is 8.22. The van der Waals surface area contributed by atoms with Gasteiger partial charge in [0, 0.05) is 23.6 Å². The molecule has 3 nitrogen and oxygen atoms in total. The van der Waals surface area contributed by atoms with E-state index in [1.807, 2.05) is 4.90 Å². The molecule has 0 aliphatic carbocycles. The summed E-state index contributed by atoms with van der Waals surface area (Å²) in [6.45, 7) is 5.30. The fourth-order valence-electron chi connectivity index (χ4n) is 4.80. The lowest BCUT2D eigenvalue weighted by atomic mass is 9.85. The van der Waals surface area contributed by atoms with Gasteiger partial charge in [0.2, 0.25) is 6.41 Å². The van der Waals surface area contributed by atoms with E-state index in [0.717, 1.165) is 51.5 Å². The van der Waals surface area contributed by atoms with E-state index in [2.05, 4.69) is 61.4 Å². The van der Waals surface area contributed by atoms with E-state index >= 15 is 0 Å². The molecule has 0 saturated carbocycles. The predicted molar refractivity (Wildman–Crippen MR) is 116 cm³/mol. The van der Waals surface area contributed by atoms with Gasteiger partial charge in [-0.05, 0) is 72.4 Å². The van der Waals surface area contributed by atoms with Crippen LogP contribution >= 0.6 is 0 Å². The van der Waals surface area contributed by atoms with Crippen molar-refractivity contribution in [1.82, 2.24) is 9.88 Å². The molecule has 4 rings (SSSR count). The zero-order chi connectivity index (χ0) is 19.5. The molecule has 1 amide bonds. The van der Waals surface area contributed by atoms with Crippen molar-refractivity contribution in [3.63, 3.8) is 0 Å². The smallest absolute Gasteiger partial charge is 0.210 e. The molecule has 3 heteroatoms. The van der Waals surface area contributed by atoms with Gasteiger partial charge in [0.1, 0.15) is 0 Å². The molecule has 1 aliphatic rings. The topological polar surface area (TPSA) is 36.1 Å². The summed E-state index contributed by atoms with van der Waals surface area (Å²) in [5, 5.41) is 1.32. The lowest BCUT2D eigenvalue weighted by Gasteiger charge is -2.36. The van der Waals surface area contributed by atoms with Gasteiger partial charge in [-0.1, -0.05) is 44.2 Å². The van der Waals surface area contributed by atoms with Crippen molar-refractivity contribution < 1.29 is 4.79 Å². The quantitative estimate of drug-likeness (QED) is 0.554. The second-order valence-electron chi connectivity index (χ2n) is 7.89. The number of hydrogen-bond acceptors (Lipinski definition) is 1. The molecule has 0 saturated heterocycles. The van der Waals surface area contributed by atoms with Crippen molar-refractivity contribution in [2.75, 3.05) is 6.54 Å². The Morgan fingerprint density at radius 3 is 2.68 bits per heavy atom. The summed E-state index contributed by atoms with van der Waals surface area (Å²) >= 11 is 0. The van der Waals surface area contributed by atoms with Crippen LogP contribution in [0.2, 0.25) is 0 Å². The Morgan fingerprint density at radius 2 is 1.89 bits per heavy atom. The average molecular weight is 375 g/mol. The van der Waals surface area contributed by atoms with Crippen molar-refractivity contribution in [2.45, 2.75) is 58.4 Å². The van der Waals surface area contributed by atoms with Gasteiger partial charge in [-0.2, -0.15) is 0 Å². The van der Waals surface area contributed by atoms with Crippen LogP contribution in [-0.2, 0) is 30.5 Å². The molecular weight excluding hydrogens is 344 g/mol. The Labute approximate surface area is 167 Å². The maximum atomic E-state index is 11.7. The number of aromatic amines is 1. The van der Waals surface area contributed by atoms with Crippen LogP contribution in [0.4, 0.5) is 0 Å². The minimum absolute atomic E-state index is 0.211. The number of nitrogens with one attached hydrogen (secondary N) is 1. The van der Waals surface area contributed by atoms with E-state index in [9.17, 15) is 4.79 Å². The molecule has 1 atom stereocenters. The van der Waals surface area contributed by atoms with E-state index < -0.39 is 0 Å². The molecule has 3 aromatic rings. The van der Waals surface area contributed by atoms with Crippen molar-refractivity contribution in [3.05, 3.63) is 70.4 Å². The van der Waals surface area contributed by atoms with Crippen LogP contribution in [-0.4, -0.2) is 22.8 Å². The van der Waals surface area contributed by atoms with Crippen molar-refractivity contribution in [3.8, 4) is 0 Å². The molecule has 2 aromatic carbocycles. The highest BCUT2D eigenvalue weighted by molar-refractivity contribution is 5.83. The number of carbonyl (C=O) groups excluding carboxylic acids is 1. The zero-order valence-electron chi connectivity index (χ0n) is 17.0. The van der Waals surface area contributed by atoms with E-state index in [4.69, 9.17) is 0 Å². The monoisotopic (exact) mass is 374 g/mol. The molecule has 1 aliphatic heterocycles. The average Bonchev–Trinajstić information content (AvgIpc) is 3.16. The number of nitrogens with zero attached hydrogens (tertiary/aromatic N) is 1. The van der Waals surface area contributed by atoms with Gasteiger partial charge in [-0.15, -0.1) is 0 Å². The highest BCUT2D eigenvalue weighted by Gasteiger charge is 2.27. The number of para-hydroxylation sites is 1. The number of amides is 1. The van der Waals surface area contributed by atoms with Crippen LogP contribution in [0.15, 0.2) is 42.6 Å². The summed E-state index contributed by atoms with van der Waals surface area (Å²) in [5.74, 6) is 0. The molecule has 0 radical (unpaired) electrons. The molecule has 1 unspecified atom stereocenters. The Balaban J connectivity index is 1.55. The Morgan fingerprint density at radius 1 is 1.11 bits per heavy atom. The van der Waals surface area contributed by atoms with Gasteiger partial charge < -0.3 is 9.88 Å². The molecular formula is C25H30N2O. The SMILES string of the molecule is CCc1cc2c(cc1CC)C(CCCc1c[nH]c3ccccc13)N(C=O)CC2. The number of aromatic nitrogens is 1. The van der Waals surface area contributed by atoms with Gasteiger partial charge >= 0.3 is 0 Å². The number of carbonyl (C=O) groups is 1. The van der Waals surface area contributed by atoms with Crippen LogP contribution in [0, 0.1) is 0 Å². The van der Waals surface area contributed by atoms with Crippen LogP contribution < -0.4 is 0 Å². The Hall–Kier alpha value is -2.55. The van der Waals surface area contributed by atoms with Crippen molar-refractivity contribution >= 4 is 17.3 Å². The molecule has 1 aromatic heterocycles. The first kappa shape index (κ1) is 18.8. The summed E-state index contributed by atoms with van der Waals surface area (Å²) in [6.07, 6.45) is 9.43. The Kier molecular flexibility index (Phi) is 5.52. The normalized spacial score (nSPS) is 16.4. The van der Waals surface area contributed by atoms with Crippen LogP contribution in [0.5, 0.6) is 0 Å². The van der Waals surface area contributed by atoms with Crippen molar-refractivity contribution in [1.29, 1.82) is 0 Å². The number of aryl methyl sites for hydroxylation is 3. The maximum absolute atomic E-state index is 11.7. The number of H-pyrrole nitrogens is 1. The first-order chi connectivity index (χ1) is 13.7. The van der Waals surface area contributed by atoms with Gasteiger partial charge in [0.25, 0.3) is 0 Å². The van der Waals surface area contributed by atoms with Gasteiger partial charge in [0.05, 0.1) is 6.04 Å². The van der Waals surface area contributed by atoms with Crippen LogP contribution in [0.25, 0.3) is 10.9 Å². The Bertz CT molecular complexity index is 972. The van der Waals surface area contributed by atoms with Gasteiger partial charge in [-0.25, -0.2) is 0 Å². The van der Waals surface area contributed by atoms with Crippen LogP contribution in [0.1, 0.15) is 60.5 Å². The van der Waals surface area contributed by atoms with Gasteiger partial charge in [-0.3, -0.25) is 4.79 Å². The molecule has 1 N–H and O–H groups in total. The second-order valence-corrected chi connectivity index (χ2v) is 7.89. The highest BCUT2D eigenvalue weighted by atomic mass is 16.1. The third kappa shape index (κ3) is 3.46. The van der Waals surface area contributed by atoms with Crippen molar-refractivity contribution in [2.24, 2.45) is 0 Å². The molecule has 0 bridgehead atoms. The lowest BCUT2D eigenvalue weighted by molar-refractivity contribution is -0.120. The molecule has 0 fully saturated rings. The molecule has 146 valence electrons. The standard InChI is InChI=1S/C25H30N2O/c1-3-18-14-20-12-13-27(17-28)25(23(20)15-19(18)4-2)11-7-8-21-16-26-24-10-6-5-9-22(21)24/h5-6,9-10,14-17,25-26H,3-4,7-8,11-13H2,1-2H3. The van der Waals surface area contributed by atoms with E-state index in [1.165, 1.54) is 38.7 Å². The summed E-state index contributed by atoms with van der Waals surface area (Å²) < 4.78 is 0. The fraction of sp³-hybridized carbons (Fsp3) is 0.400. The number of hydrogen-bond donors (Lipinski definition) is 1. The largest absolute Gasteiger partial charge is 0.361 e. The van der Waals surface area contributed by atoms with Gasteiger partial charge in [0.15, 0.2) is 0 Å². The number of benzene rings is 2. The van der Waals surface area contributed by atoms with E-state index in [-0.39, 0.29) is 6.04 Å².